The predicted molar refractivity (Wildman–Crippen MR) is 64.2 cm³/mol. The van der Waals surface area contributed by atoms with E-state index >= 15 is 0 Å². The molecule has 2 N–H and O–H groups in total. The first-order chi connectivity index (χ1) is 7.40. The number of rotatable bonds is 3. The fourth-order valence-electron chi connectivity index (χ4n) is 1.24. The molecule has 0 bridgehead atoms. The van der Waals surface area contributed by atoms with Gasteiger partial charge in [-0.3, -0.25) is 0 Å². The van der Waals surface area contributed by atoms with Crippen LogP contribution in [-0.2, 0) is 0 Å². The molecule has 0 amide bonds. The van der Waals surface area contributed by atoms with Gasteiger partial charge in [0.25, 0.3) is 0 Å². The SMILES string of the molecule is Cc1nc(NCC#N)cc(NC(C)(C)C)n1. The van der Waals surface area contributed by atoms with Crippen LogP contribution in [0.4, 0.5) is 11.6 Å². The lowest BCUT2D eigenvalue weighted by Gasteiger charge is -2.21. The highest BCUT2D eigenvalue weighted by Gasteiger charge is 2.11. The van der Waals surface area contributed by atoms with Crippen molar-refractivity contribution in [3.63, 3.8) is 0 Å². The number of aromatic nitrogens is 2. The molecule has 0 atom stereocenters. The largest absolute Gasteiger partial charge is 0.365 e. The molecule has 1 heterocycles. The van der Waals surface area contributed by atoms with Crippen molar-refractivity contribution in [3.8, 4) is 6.07 Å². The van der Waals surface area contributed by atoms with Gasteiger partial charge in [-0.15, -0.1) is 0 Å². The van der Waals surface area contributed by atoms with Crippen molar-refractivity contribution in [2.45, 2.75) is 33.2 Å². The van der Waals surface area contributed by atoms with Crippen molar-refractivity contribution < 1.29 is 0 Å². The summed E-state index contributed by atoms with van der Waals surface area (Å²) in [5.41, 5.74) is -0.0483. The number of nitriles is 1. The summed E-state index contributed by atoms with van der Waals surface area (Å²) in [5, 5.41) is 14.7. The monoisotopic (exact) mass is 219 g/mol. The fourth-order valence-corrected chi connectivity index (χ4v) is 1.24. The smallest absolute Gasteiger partial charge is 0.132 e. The van der Waals surface area contributed by atoms with Crippen molar-refractivity contribution in [1.29, 1.82) is 5.26 Å². The van der Waals surface area contributed by atoms with Gasteiger partial charge in [0.05, 0.1) is 6.07 Å². The highest BCUT2D eigenvalue weighted by Crippen LogP contribution is 2.15. The minimum absolute atomic E-state index is 0.0483. The molecule has 0 radical (unpaired) electrons. The summed E-state index contributed by atoms with van der Waals surface area (Å²) in [5.74, 6) is 2.11. The van der Waals surface area contributed by atoms with Gasteiger partial charge in [-0.1, -0.05) is 0 Å². The van der Waals surface area contributed by atoms with E-state index in [1.807, 2.05) is 13.0 Å². The second-order valence-corrected chi connectivity index (χ2v) is 4.57. The Labute approximate surface area is 95.9 Å². The van der Waals surface area contributed by atoms with Gasteiger partial charge >= 0.3 is 0 Å². The molecular formula is C11H17N5. The number of hydrogen-bond acceptors (Lipinski definition) is 5. The minimum Gasteiger partial charge on any atom is -0.365 e. The standard InChI is InChI=1S/C11H17N5/c1-8-14-9(13-6-5-12)7-10(15-8)16-11(2,3)4/h7H,6H2,1-4H3,(H2,13,14,15,16). The van der Waals surface area contributed by atoms with Crippen LogP contribution in [0.5, 0.6) is 0 Å². The summed E-state index contributed by atoms with van der Waals surface area (Å²) in [6.07, 6.45) is 0. The van der Waals surface area contributed by atoms with Crippen LogP contribution in [0.15, 0.2) is 6.07 Å². The maximum Gasteiger partial charge on any atom is 0.132 e. The molecule has 16 heavy (non-hydrogen) atoms. The van der Waals surface area contributed by atoms with Crippen LogP contribution in [0.2, 0.25) is 0 Å². The molecule has 0 aromatic carbocycles. The molecule has 1 aromatic rings. The Morgan fingerprint density at radius 3 is 2.50 bits per heavy atom. The van der Waals surface area contributed by atoms with E-state index < -0.39 is 0 Å². The summed E-state index contributed by atoms with van der Waals surface area (Å²) >= 11 is 0. The highest BCUT2D eigenvalue weighted by atomic mass is 15.1. The summed E-state index contributed by atoms with van der Waals surface area (Å²) < 4.78 is 0. The third kappa shape index (κ3) is 4.13. The van der Waals surface area contributed by atoms with Crippen molar-refractivity contribution in [1.82, 2.24) is 9.97 Å². The molecule has 0 saturated heterocycles. The first-order valence-corrected chi connectivity index (χ1v) is 5.15. The van der Waals surface area contributed by atoms with Crippen molar-refractivity contribution in [2.24, 2.45) is 0 Å². The number of anilines is 2. The van der Waals surface area contributed by atoms with E-state index in [-0.39, 0.29) is 12.1 Å². The fraction of sp³-hybridized carbons (Fsp3) is 0.545. The molecule has 1 rings (SSSR count). The number of nitrogens with zero attached hydrogens (tertiary/aromatic N) is 3. The van der Waals surface area contributed by atoms with E-state index in [4.69, 9.17) is 5.26 Å². The Hall–Kier alpha value is -1.83. The van der Waals surface area contributed by atoms with Crippen LogP contribution >= 0.6 is 0 Å². The summed E-state index contributed by atoms with van der Waals surface area (Å²) in [6.45, 7) is 8.25. The second-order valence-electron chi connectivity index (χ2n) is 4.57. The molecule has 86 valence electrons. The molecular weight excluding hydrogens is 202 g/mol. The van der Waals surface area contributed by atoms with Crippen molar-refractivity contribution in [3.05, 3.63) is 11.9 Å². The van der Waals surface area contributed by atoms with Crippen LogP contribution in [0.3, 0.4) is 0 Å². The van der Waals surface area contributed by atoms with Gasteiger partial charge in [0.1, 0.15) is 24.0 Å². The van der Waals surface area contributed by atoms with Gasteiger partial charge in [0, 0.05) is 11.6 Å². The van der Waals surface area contributed by atoms with Crippen molar-refractivity contribution >= 4 is 11.6 Å². The Morgan fingerprint density at radius 2 is 1.94 bits per heavy atom. The van der Waals surface area contributed by atoms with Crippen LogP contribution in [-0.4, -0.2) is 22.1 Å². The molecule has 5 nitrogen and oxygen atoms in total. The summed E-state index contributed by atoms with van der Waals surface area (Å²) in [6, 6.07) is 3.81. The van der Waals surface area contributed by atoms with E-state index in [0.29, 0.717) is 11.6 Å². The zero-order valence-electron chi connectivity index (χ0n) is 10.1. The molecule has 1 aromatic heterocycles. The zero-order chi connectivity index (χ0) is 12.2. The van der Waals surface area contributed by atoms with E-state index in [0.717, 1.165) is 5.82 Å². The third-order valence-corrected chi connectivity index (χ3v) is 1.69. The Kier molecular flexibility index (Phi) is 3.67. The maximum atomic E-state index is 8.48. The summed E-state index contributed by atoms with van der Waals surface area (Å²) in [7, 11) is 0. The first kappa shape index (κ1) is 12.2. The van der Waals surface area contributed by atoms with Gasteiger partial charge in [0.15, 0.2) is 0 Å². The van der Waals surface area contributed by atoms with E-state index in [1.165, 1.54) is 0 Å². The van der Waals surface area contributed by atoms with E-state index in [1.54, 1.807) is 6.07 Å². The lowest BCUT2D eigenvalue weighted by atomic mass is 10.1. The van der Waals surface area contributed by atoms with Gasteiger partial charge < -0.3 is 10.6 Å². The second kappa shape index (κ2) is 4.79. The van der Waals surface area contributed by atoms with Gasteiger partial charge in [-0.2, -0.15) is 5.26 Å². The van der Waals surface area contributed by atoms with Crippen LogP contribution in [0.25, 0.3) is 0 Å². The van der Waals surface area contributed by atoms with Crippen molar-refractivity contribution in [2.75, 3.05) is 17.2 Å². The third-order valence-electron chi connectivity index (χ3n) is 1.69. The molecule has 0 unspecified atom stereocenters. The quantitative estimate of drug-likeness (QED) is 0.760. The zero-order valence-corrected chi connectivity index (χ0v) is 10.1. The maximum absolute atomic E-state index is 8.48. The molecule has 5 heteroatoms. The molecule has 0 saturated carbocycles. The van der Waals surface area contributed by atoms with Gasteiger partial charge in [0.2, 0.25) is 0 Å². The number of nitrogens with one attached hydrogen (secondary N) is 2. The average Bonchev–Trinajstić information content (AvgIpc) is 2.10. The molecule has 0 aliphatic heterocycles. The average molecular weight is 219 g/mol. The van der Waals surface area contributed by atoms with Gasteiger partial charge in [-0.05, 0) is 27.7 Å². The number of hydrogen-bond donors (Lipinski definition) is 2. The van der Waals surface area contributed by atoms with Gasteiger partial charge in [-0.25, -0.2) is 9.97 Å². The molecule has 0 aliphatic carbocycles. The lowest BCUT2D eigenvalue weighted by Crippen LogP contribution is -2.27. The number of aryl methyl sites for hydroxylation is 1. The van der Waals surface area contributed by atoms with Crippen LogP contribution in [0.1, 0.15) is 26.6 Å². The summed E-state index contributed by atoms with van der Waals surface area (Å²) in [4.78, 5) is 8.47. The Morgan fingerprint density at radius 1 is 1.31 bits per heavy atom. The Balaban J connectivity index is 2.86. The first-order valence-electron chi connectivity index (χ1n) is 5.15. The minimum atomic E-state index is -0.0483. The lowest BCUT2D eigenvalue weighted by molar-refractivity contribution is 0.629. The molecule has 0 spiro atoms. The Bertz CT molecular complexity index is 400. The van der Waals surface area contributed by atoms with E-state index in [9.17, 15) is 0 Å². The van der Waals surface area contributed by atoms with Crippen LogP contribution in [0, 0.1) is 18.3 Å². The molecule has 0 fully saturated rings. The topological polar surface area (TPSA) is 73.6 Å². The molecule has 0 aliphatic rings. The highest BCUT2D eigenvalue weighted by molar-refractivity contribution is 5.48. The van der Waals surface area contributed by atoms with Crippen LogP contribution < -0.4 is 10.6 Å². The normalized spacial score (nSPS) is 10.7. The predicted octanol–water partition coefficient (Wildman–Crippen LogP) is 1.93. The van der Waals surface area contributed by atoms with E-state index in [2.05, 4.69) is 41.4 Å².